The quantitative estimate of drug-likeness (QED) is 0.798. The molecule has 1 aromatic carbocycles. The number of anilines is 1. The first-order chi connectivity index (χ1) is 10.1. The van der Waals surface area contributed by atoms with E-state index in [-0.39, 0.29) is 0 Å². The summed E-state index contributed by atoms with van der Waals surface area (Å²) in [5.74, 6) is 0. The molecule has 1 N–H and O–H groups in total. The lowest BCUT2D eigenvalue weighted by Gasteiger charge is -2.11. The zero-order chi connectivity index (χ0) is 15.2. The predicted molar refractivity (Wildman–Crippen MR) is 90.2 cm³/mol. The minimum Gasteiger partial charge on any atom is -0.383 e. The Morgan fingerprint density at radius 3 is 2.57 bits per heavy atom. The molecule has 0 saturated carbocycles. The van der Waals surface area contributed by atoms with E-state index in [0.717, 1.165) is 30.4 Å². The molecule has 5 heteroatoms. The van der Waals surface area contributed by atoms with Crippen molar-refractivity contribution in [1.29, 1.82) is 0 Å². The number of hydrogen-bond donors (Lipinski definition) is 1. The van der Waals surface area contributed by atoms with E-state index in [1.165, 1.54) is 16.1 Å². The van der Waals surface area contributed by atoms with Crippen LogP contribution in [0.4, 0.5) is 5.69 Å². The lowest BCUT2D eigenvalue weighted by atomic mass is 10.2. The maximum Gasteiger partial charge on any atom is 0.123 e. The normalized spacial score (nSPS) is 10.9. The summed E-state index contributed by atoms with van der Waals surface area (Å²) in [5.41, 5.74) is 3.49. The minimum absolute atomic E-state index is 0.733. The summed E-state index contributed by atoms with van der Waals surface area (Å²) in [4.78, 5) is 8.08. The molecule has 21 heavy (non-hydrogen) atoms. The van der Waals surface area contributed by atoms with Gasteiger partial charge in [-0.3, -0.25) is 0 Å². The number of hydrogen-bond acceptors (Lipinski definition) is 5. The first-order valence-corrected chi connectivity index (χ1v) is 7.87. The van der Waals surface area contributed by atoms with Gasteiger partial charge in [-0.05, 0) is 31.2 Å². The third kappa shape index (κ3) is 4.27. The number of rotatable bonds is 7. The number of thiazole rings is 1. The Kier molecular flexibility index (Phi) is 5.73. The van der Waals surface area contributed by atoms with Crippen LogP contribution in [-0.4, -0.2) is 39.3 Å². The van der Waals surface area contributed by atoms with Crippen molar-refractivity contribution in [3.05, 3.63) is 34.8 Å². The minimum atomic E-state index is 0.733. The fraction of sp³-hybridized carbons (Fsp3) is 0.438. The number of aryl methyl sites for hydroxylation is 1. The number of nitrogens with one attached hydrogen (secondary N) is 1. The summed E-state index contributed by atoms with van der Waals surface area (Å²) in [6.45, 7) is 4.52. The maximum atomic E-state index is 5.04. The second-order valence-electron chi connectivity index (χ2n) is 5.14. The maximum absolute atomic E-state index is 5.04. The summed E-state index contributed by atoms with van der Waals surface area (Å²) in [6, 6.07) is 8.52. The largest absolute Gasteiger partial charge is 0.383 e. The van der Waals surface area contributed by atoms with Crippen LogP contribution < -0.4 is 10.2 Å². The molecular formula is C16H23N3OS. The van der Waals surface area contributed by atoms with Gasteiger partial charge in [-0.2, -0.15) is 0 Å². The van der Waals surface area contributed by atoms with Crippen molar-refractivity contribution in [1.82, 2.24) is 10.3 Å². The molecule has 0 atom stereocenters. The molecule has 2 aromatic rings. The molecule has 0 aliphatic carbocycles. The molecule has 2 rings (SSSR count). The third-order valence-electron chi connectivity index (χ3n) is 3.29. The van der Waals surface area contributed by atoms with Gasteiger partial charge in [0.25, 0.3) is 0 Å². The summed E-state index contributed by atoms with van der Waals surface area (Å²) < 4.78 is 5.04. The van der Waals surface area contributed by atoms with E-state index < -0.39 is 0 Å². The van der Waals surface area contributed by atoms with Gasteiger partial charge in [-0.1, -0.05) is 0 Å². The van der Waals surface area contributed by atoms with Crippen molar-refractivity contribution in [2.24, 2.45) is 0 Å². The van der Waals surface area contributed by atoms with E-state index in [1.54, 1.807) is 18.4 Å². The molecular weight excluding hydrogens is 282 g/mol. The van der Waals surface area contributed by atoms with Crippen molar-refractivity contribution in [2.45, 2.75) is 13.5 Å². The Hall–Kier alpha value is -1.43. The average molecular weight is 305 g/mol. The molecule has 1 heterocycles. The first kappa shape index (κ1) is 15.9. The number of aromatic nitrogens is 1. The molecule has 0 bridgehead atoms. The van der Waals surface area contributed by atoms with Gasteiger partial charge >= 0.3 is 0 Å². The highest BCUT2D eigenvalue weighted by molar-refractivity contribution is 7.15. The van der Waals surface area contributed by atoms with Gasteiger partial charge < -0.3 is 15.0 Å². The number of nitrogens with zero attached hydrogens (tertiary/aromatic N) is 2. The van der Waals surface area contributed by atoms with Gasteiger partial charge in [0.15, 0.2) is 0 Å². The summed E-state index contributed by atoms with van der Waals surface area (Å²) in [5, 5.41) is 4.46. The fourth-order valence-corrected chi connectivity index (χ4v) is 3.03. The Bertz CT molecular complexity index is 563. The van der Waals surface area contributed by atoms with Crippen LogP contribution in [0, 0.1) is 6.92 Å². The molecule has 0 aliphatic heterocycles. The van der Waals surface area contributed by atoms with Crippen LogP contribution in [0.25, 0.3) is 10.6 Å². The van der Waals surface area contributed by atoms with Crippen molar-refractivity contribution >= 4 is 17.0 Å². The second-order valence-corrected chi connectivity index (χ2v) is 6.22. The van der Waals surface area contributed by atoms with Gasteiger partial charge in [-0.25, -0.2) is 4.98 Å². The van der Waals surface area contributed by atoms with Crippen molar-refractivity contribution < 1.29 is 4.74 Å². The SMILES string of the molecule is COCCNCc1sc(-c2ccc(N(C)C)cc2)nc1C. The molecule has 0 amide bonds. The van der Waals surface area contributed by atoms with E-state index in [4.69, 9.17) is 4.74 Å². The highest BCUT2D eigenvalue weighted by atomic mass is 32.1. The highest BCUT2D eigenvalue weighted by Gasteiger charge is 2.09. The Labute approximate surface area is 130 Å². The molecule has 0 fully saturated rings. The van der Waals surface area contributed by atoms with E-state index in [1.807, 2.05) is 14.1 Å². The van der Waals surface area contributed by atoms with Gasteiger partial charge in [0.1, 0.15) is 5.01 Å². The third-order valence-corrected chi connectivity index (χ3v) is 4.50. The average Bonchev–Trinajstić information content (AvgIpc) is 2.85. The summed E-state index contributed by atoms with van der Waals surface area (Å²) in [6.07, 6.45) is 0. The Morgan fingerprint density at radius 1 is 1.24 bits per heavy atom. The number of methoxy groups -OCH3 is 1. The lowest BCUT2D eigenvalue weighted by molar-refractivity contribution is 0.199. The van der Waals surface area contributed by atoms with Gasteiger partial charge in [0.05, 0.1) is 12.3 Å². The molecule has 0 spiro atoms. The Morgan fingerprint density at radius 2 is 1.95 bits per heavy atom. The van der Waals surface area contributed by atoms with Crippen LogP contribution in [0.2, 0.25) is 0 Å². The van der Waals surface area contributed by atoms with Crippen LogP contribution in [0.3, 0.4) is 0 Å². The number of benzene rings is 1. The van der Waals surface area contributed by atoms with E-state index in [0.29, 0.717) is 0 Å². The monoisotopic (exact) mass is 305 g/mol. The van der Waals surface area contributed by atoms with Crippen molar-refractivity contribution in [2.75, 3.05) is 39.3 Å². The molecule has 0 saturated heterocycles. The van der Waals surface area contributed by atoms with Crippen LogP contribution in [0.1, 0.15) is 10.6 Å². The van der Waals surface area contributed by atoms with E-state index >= 15 is 0 Å². The van der Waals surface area contributed by atoms with Crippen LogP contribution in [0.5, 0.6) is 0 Å². The van der Waals surface area contributed by atoms with E-state index in [2.05, 4.69) is 46.4 Å². The summed E-state index contributed by atoms with van der Waals surface area (Å²) in [7, 11) is 5.81. The fourth-order valence-electron chi connectivity index (χ4n) is 1.99. The van der Waals surface area contributed by atoms with Crippen molar-refractivity contribution in [3.8, 4) is 10.6 Å². The molecule has 4 nitrogen and oxygen atoms in total. The molecule has 0 aliphatic rings. The smallest absolute Gasteiger partial charge is 0.123 e. The molecule has 114 valence electrons. The summed E-state index contributed by atoms with van der Waals surface area (Å²) >= 11 is 1.76. The van der Waals surface area contributed by atoms with Gasteiger partial charge in [0, 0.05) is 50.4 Å². The zero-order valence-electron chi connectivity index (χ0n) is 13.1. The number of ether oxygens (including phenoxy) is 1. The van der Waals surface area contributed by atoms with Crippen molar-refractivity contribution in [3.63, 3.8) is 0 Å². The molecule has 0 radical (unpaired) electrons. The lowest BCUT2D eigenvalue weighted by Crippen LogP contribution is -2.18. The van der Waals surface area contributed by atoms with Crippen LogP contribution >= 0.6 is 11.3 Å². The Balaban J connectivity index is 2.06. The highest BCUT2D eigenvalue weighted by Crippen LogP contribution is 2.29. The first-order valence-electron chi connectivity index (χ1n) is 7.05. The predicted octanol–water partition coefficient (Wildman–Crippen LogP) is 2.92. The molecule has 1 aromatic heterocycles. The second kappa shape index (κ2) is 7.54. The van der Waals surface area contributed by atoms with Crippen LogP contribution in [0.15, 0.2) is 24.3 Å². The standard InChI is InChI=1S/C16H23N3OS/c1-12-15(11-17-9-10-20-4)21-16(18-12)13-5-7-14(8-6-13)19(2)3/h5-8,17H,9-11H2,1-4H3. The van der Waals surface area contributed by atoms with Gasteiger partial charge in [-0.15, -0.1) is 11.3 Å². The van der Waals surface area contributed by atoms with Crippen LogP contribution in [-0.2, 0) is 11.3 Å². The zero-order valence-corrected chi connectivity index (χ0v) is 14.0. The molecule has 0 unspecified atom stereocenters. The van der Waals surface area contributed by atoms with E-state index in [9.17, 15) is 0 Å². The topological polar surface area (TPSA) is 37.4 Å². The van der Waals surface area contributed by atoms with Gasteiger partial charge in [0.2, 0.25) is 0 Å².